The molecule has 1 aliphatic carbocycles. The Labute approximate surface area is 109 Å². The molecule has 0 radical (unpaired) electrons. The largest absolute Gasteiger partial charge is 0.349 e. The van der Waals surface area contributed by atoms with Crippen LogP contribution in [0.2, 0.25) is 0 Å². The summed E-state index contributed by atoms with van der Waals surface area (Å²) in [5, 5.41) is 2.77. The standard InChI is InChI=1S/C14H13N3O2/c18-13(16-10-6-7-10)11-8-15-12(17-14(11)19)9-4-2-1-3-5-9/h1-5,8,10H,6-7H2,(H,16,18)(H,15,17,19). The molecule has 1 aliphatic rings. The second-order valence-electron chi connectivity index (χ2n) is 4.59. The second kappa shape index (κ2) is 4.68. The van der Waals surface area contributed by atoms with Gasteiger partial charge in [-0.05, 0) is 12.8 Å². The van der Waals surface area contributed by atoms with Gasteiger partial charge in [0, 0.05) is 17.8 Å². The molecule has 0 spiro atoms. The first-order valence-corrected chi connectivity index (χ1v) is 6.19. The van der Waals surface area contributed by atoms with E-state index >= 15 is 0 Å². The molecule has 1 heterocycles. The number of hydrogen-bond acceptors (Lipinski definition) is 3. The van der Waals surface area contributed by atoms with E-state index in [-0.39, 0.29) is 17.5 Å². The Bertz CT molecular complexity index is 660. The highest BCUT2D eigenvalue weighted by Crippen LogP contribution is 2.19. The summed E-state index contributed by atoms with van der Waals surface area (Å²) in [5.74, 6) is 0.115. The number of carbonyl (C=O) groups excluding carboxylic acids is 1. The molecule has 1 aromatic carbocycles. The molecular formula is C14H13N3O2. The molecule has 2 N–H and O–H groups in total. The van der Waals surface area contributed by atoms with Gasteiger partial charge in [0.25, 0.3) is 11.5 Å². The minimum Gasteiger partial charge on any atom is -0.349 e. The molecule has 0 saturated heterocycles. The number of amides is 1. The third kappa shape index (κ3) is 2.54. The van der Waals surface area contributed by atoms with E-state index in [2.05, 4.69) is 15.3 Å². The summed E-state index contributed by atoms with van der Waals surface area (Å²) in [7, 11) is 0. The van der Waals surface area contributed by atoms with Gasteiger partial charge in [-0.15, -0.1) is 0 Å². The number of hydrogen-bond donors (Lipinski definition) is 2. The zero-order chi connectivity index (χ0) is 13.2. The van der Waals surface area contributed by atoms with Crippen LogP contribution in [0.25, 0.3) is 11.4 Å². The summed E-state index contributed by atoms with van der Waals surface area (Å²) in [5.41, 5.74) is 0.465. The van der Waals surface area contributed by atoms with Crippen molar-refractivity contribution in [2.45, 2.75) is 18.9 Å². The zero-order valence-corrected chi connectivity index (χ0v) is 10.2. The van der Waals surface area contributed by atoms with Crippen LogP contribution >= 0.6 is 0 Å². The molecule has 1 saturated carbocycles. The van der Waals surface area contributed by atoms with Gasteiger partial charge in [0.05, 0.1) is 0 Å². The molecule has 0 atom stereocenters. The van der Waals surface area contributed by atoms with E-state index in [0.717, 1.165) is 18.4 Å². The molecule has 19 heavy (non-hydrogen) atoms. The highest BCUT2D eigenvalue weighted by molar-refractivity contribution is 5.94. The lowest BCUT2D eigenvalue weighted by atomic mass is 10.2. The van der Waals surface area contributed by atoms with E-state index in [1.165, 1.54) is 6.20 Å². The third-order valence-electron chi connectivity index (χ3n) is 3.00. The second-order valence-corrected chi connectivity index (χ2v) is 4.59. The number of rotatable bonds is 3. The summed E-state index contributed by atoms with van der Waals surface area (Å²) >= 11 is 0. The molecular weight excluding hydrogens is 242 g/mol. The number of aromatic amines is 1. The number of benzene rings is 1. The Kier molecular flexibility index (Phi) is 2.87. The molecule has 2 aromatic rings. The van der Waals surface area contributed by atoms with E-state index in [9.17, 15) is 9.59 Å². The first kappa shape index (κ1) is 11.6. The van der Waals surface area contributed by atoms with Gasteiger partial charge in [0.2, 0.25) is 0 Å². The van der Waals surface area contributed by atoms with Gasteiger partial charge >= 0.3 is 0 Å². The average molecular weight is 255 g/mol. The van der Waals surface area contributed by atoms with Crippen molar-refractivity contribution in [1.82, 2.24) is 15.3 Å². The minimum absolute atomic E-state index is 0.0616. The molecule has 0 bridgehead atoms. The van der Waals surface area contributed by atoms with Gasteiger partial charge in [0.15, 0.2) is 0 Å². The van der Waals surface area contributed by atoms with Crippen molar-refractivity contribution >= 4 is 5.91 Å². The van der Waals surface area contributed by atoms with Gasteiger partial charge in [-0.3, -0.25) is 9.59 Å². The van der Waals surface area contributed by atoms with Crippen LogP contribution in [0.3, 0.4) is 0 Å². The summed E-state index contributed by atoms with van der Waals surface area (Å²) in [6.45, 7) is 0. The maximum absolute atomic E-state index is 11.9. The van der Waals surface area contributed by atoms with Crippen molar-refractivity contribution in [1.29, 1.82) is 0 Å². The van der Waals surface area contributed by atoms with E-state index < -0.39 is 5.56 Å². The molecule has 5 heteroatoms. The lowest BCUT2D eigenvalue weighted by molar-refractivity contribution is 0.0949. The summed E-state index contributed by atoms with van der Waals surface area (Å²) in [6, 6.07) is 9.54. The van der Waals surface area contributed by atoms with Crippen LogP contribution in [0.4, 0.5) is 0 Å². The van der Waals surface area contributed by atoms with Crippen LogP contribution in [-0.4, -0.2) is 21.9 Å². The quantitative estimate of drug-likeness (QED) is 0.868. The fraction of sp³-hybridized carbons (Fsp3) is 0.214. The first-order chi connectivity index (χ1) is 9.24. The van der Waals surface area contributed by atoms with Gasteiger partial charge in [-0.2, -0.15) is 0 Å². The highest BCUT2D eigenvalue weighted by Gasteiger charge is 2.25. The molecule has 3 rings (SSSR count). The van der Waals surface area contributed by atoms with Crippen molar-refractivity contribution in [2.75, 3.05) is 0 Å². The summed E-state index contributed by atoms with van der Waals surface area (Å²) in [6.07, 6.45) is 3.30. The Balaban J connectivity index is 1.89. The van der Waals surface area contributed by atoms with Crippen molar-refractivity contribution in [3.8, 4) is 11.4 Å². The number of carbonyl (C=O) groups is 1. The average Bonchev–Trinajstić information content (AvgIpc) is 3.23. The number of H-pyrrole nitrogens is 1. The van der Waals surface area contributed by atoms with Crippen LogP contribution < -0.4 is 10.9 Å². The SMILES string of the molecule is O=C(NC1CC1)c1cnc(-c2ccccc2)[nH]c1=O. The van der Waals surface area contributed by atoms with Gasteiger partial charge < -0.3 is 10.3 Å². The summed E-state index contributed by atoms with van der Waals surface area (Å²) < 4.78 is 0. The van der Waals surface area contributed by atoms with Crippen molar-refractivity contribution in [3.63, 3.8) is 0 Å². The molecule has 0 unspecified atom stereocenters. The topological polar surface area (TPSA) is 74.8 Å². The zero-order valence-electron chi connectivity index (χ0n) is 10.2. The first-order valence-electron chi connectivity index (χ1n) is 6.19. The smallest absolute Gasteiger partial charge is 0.264 e. The van der Waals surface area contributed by atoms with Crippen molar-refractivity contribution < 1.29 is 4.79 Å². The van der Waals surface area contributed by atoms with Crippen LogP contribution in [0, 0.1) is 0 Å². The van der Waals surface area contributed by atoms with Gasteiger partial charge in [-0.25, -0.2) is 4.98 Å². The maximum atomic E-state index is 11.9. The van der Waals surface area contributed by atoms with Crippen LogP contribution in [0.1, 0.15) is 23.2 Å². The van der Waals surface area contributed by atoms with Crippen LogP contribution in [0.5, 0.6) is 0 Å². The molecule has 0 aliphatic heterocycles. The maximum Gasteiger partial charge on any atom is 0.264 e. The van der Waals surface area contributed by atoms with E-state index in [1.807, 2.05) is 30.3 Å². The van der Waals surface area contributed by atoms with Crippen LogP contribution in [0.15, 0.2) is 41.3 Å². The predicted octanol–water partition coefficient (Wildman–Crippen LogP) is 1.33. The molecule has 1 aromatic heterocycles. The fourth-order valence-electron chi connectivity index (χ4n) is 1.79. The molecule has 5 nitrogen and oxygen atoms in total. The normalized spacial score (nSPS) is 14.1. The third-order valence-corrected chi connectivity index (χ3v) is 3.00. The Morgan fingerprint density at radius 2 is 2.00 bits per heavy atom. The molecule has 1 amide bonds. The van der Waals surface area contributed by atoms with Crippen molar-refractivity contribution in [3.05, 3.63) is 52.4 Å². The van der Waals surface area contributed by atoms with Gasteiger partial charge in [-0.1, -0.05) is 30.3 Å². The predicted molar refractivity (Wildman–Crippen MR) is 70.8 cm³/mol. The van der Waals surface area contributed by atoms with Crippen molar-refractivity contribution in [2.24, 2.45) is 0 Å². The minimum atomic E-state index is -0.410. The van der Waals surface area contributed by atoms with E-state index in [4.69, 9.17) is 0 Å². The Morgan fingerprint density at radius 1 is 1.26 bits per heavy atom. The van der Waals surface area contributed by atoms with Crippen LogP contribution in [-0.2, 0) is 0 Å². The Morgan fingerprint density at radius 3 is 2.63 bits per heavy atom. The number of nitrogens with zero attached hydrogens (tertiary/aromatic N) is 1. The van der Waals surface area contributed by atoms with E-state index in [0.29, 0.717) is 5.82 Å². The number of nitrogens with one attached hydrogen (secondary N) is 2. The summed E-state index contributed by atoms with van der Waals surface area (Å²) in [4.78, 5) is 30.5. The lowest BCUT2D eigenvalue weighted by Gasteiger charge is -2.04. The molecule has 1 fully saturated rings. The lowest BCUT2D eigenvalue weighted by Crippen LogP contribution is -2.31. The molecule has 96 valence electrons. The highest BCUT2D eigenvalue weighted by atomic mass is 16.2. The van der Waals surface area contributed by atoms with E-state index in [1.54, 1.807) is 0 Å². The Hall–Kier alpha value is -2.43. The number of aromatic nitrogens is 2. The van der Waals surface area contributed by atoms with Gasteiger partial charge in [0.1, 0.15) is 11.4 Å². The monoisotopic (exact) mass is 255 g/mol. The fourth-order valence-corrected chi connectivity index (χ4v) is 1.79.